The third kappa shape index (κ3) is 3.35. The normalized spacial score (nSPS) is 16.1. The number of benzene rings is 1. The van der Waals surface area contributed by atoms with Crippen LogP contribution in [-0.2, 0) is 9.53 Å². The molecule has 1 aromatic rings. The number of nitriles is 1. The van der Waals surface area contributed by atoms with Gasteiger partial charge >= 0.3 is 5.97 Å². The molecule has 1 N–H and O–H groups in total. The van der Waals surface area contributed by atoms with Crippen molar-refractivity contribution in [2.45, 2.75) is 31.2 Å². The molecule has 1 aliphatic carbocycles. The second-order valence-electron chi connectivity index (χ2n) is 4.89. The lowest BCUT2D eigenvalue weighted by molar-refractivity contribution is -0.125. The number of amides is 1. The van der Waals surface area contributed by atoms with E-state index in [0.29, 0.717) is 18.4 Å². The maximum atomic E-state index is 11.8. The zero-order chi connectivity index (χ0) is 14.4. The SMILES string of the molecule is N#CC1(NC(=O)COC(=O)c2ccccc2)CCCC1. The lowest BCUT2D eigenvalue weighted by Crippen LogP contribution is -2.46. The third-order valence-electron chi connectivity index (χ3n) is 3.39. The van der Waals surface area contributed by atoms with E-state index in [1.54, 1.807) is 30.3 Å². The molecule has 104 valence electrons. The minimum atomic E-state index is -0.782. The summed E-state index contributed by atoms with van der Waals surface area (Å²) < 4.78 is 4.93. The number of hydrogen-bond donors (Lipinski definition) is 1. The minimum absolute atomic E-state index is 0.364. The number of esters is 1. The Hall–Kier alpha value is -2.35. The third-order valence-corrected chi connectivity index (χ3v) is 3.39. The second-order valence-corrected chi connectivity index (χ2v) is 4.89. The molecule has 0 aromatic heterocycles. The summed E-state index contributed by atoms with van der Waals surface area (Å²) in [7, 11) is 0. The number of hydrogen-bond acceptors (Lipinski definition) is 4. The highest BCUT2D eigenvalue weighted by molar-refractivity contribution is 5.91. The van der Waals surface area contributed by atoms with Crippen LogP contribution in [-0.4, -0.2) is 24.0 Å². The van der Waals surface area contributed by atoms with Gasteiger partial charge in [-0.25, -0.2) is 4.79 Å². The molecule has 5 nitrogen and oxygen atoms in total. The van der Waals surface area contributed by atoms with Crippen LogP contribution in [0.25, 0.3) is 0 Å². The predicted octanol–water partition coefficient (Wildman–Crippen LogP) is 1.80. The van der Waals surface area contributed by atoms with Gasteiger partial charge in [-0.3, -0.25) is 4.79 Å². The number of carbonyl (C=O) groups is 2. The van der Waals surface area contributed by atoms with Crippen molar-refractivity contribution in [2.75, 3.05) is 6.61 Å². The van der Waals surface area contributed by atoms with E-state index in [1.807, 2.05) is 0 Å². The van der Waals surface area contributed by atoms with Crippen LogP contribution in [0.5, 0.6) is 0 Å². The van der Waals surface area contributed by atoms with E-state index >= 15 is 0 Å². The Kier molecular flexibility index (Phi) is 4.36. The summed E-state index contributed by atoms with van der Waals surface area (Å²) >= 11 is 0. The zero-order valence-corrected chi connectivity index (χ0v) is 11.1. The Balaban J connectivity index is 1.84. The molecule has 0 unspecified atom stereocenters. The molecule has 0 atom stereocenters. The van der Waals surface area contributed by atoms with Gasteiger partial charge in [-0.05, 0) is 37.8 Å². The van der Waals surface area contributed by atoms with Gasteiger partial charge in [-0.1, -0.05) is 18.2 Å². The van der Waals surface area contributed by atoms with Crippen molar-refractivity contribution in [1.82, 2.24) is 5.32 Å². The summed E-state index contributed by atoms with van der Waals surface area (Å²) in [5.74, 6) is -0.976. The fraction of sp³-hybridized carbons (Fsp3) is 0.400. The largest absolute Gasteiger partial charge is 0.452 e. The first-order valence-corrected chi connectivity index (χ1v) is 6.60. The maximum absolute atomic E-state index is 11.8. The quantitative estimate of drug-likeness (QED) is 0.847. The van der Waals surface area contributed by atoms with Crippen molar-refractivity contribution < 1.29 is 14.3 Å². The highest BCUT2D eigenvalue weighted by Crippen LogP contribution is 2.28. The van der Waals surface area contributed by atoms with Crippen LogP contribution < -0.4 is 5.32 Å². The molecule has 1 amide bonds. The Morgan fingerprint density at radius 2 is 1.90 bits per heavy atom. The number of nitrogens with one attached hydrogen (secondary N) is 1. The lowest BCUT2D eigenvalue weighted by atomic mass is 10.00. The first-order valence-electron chi connectivity index (χ1n) is 6.60. The smallest absolute Gasteiger partial charge is 0.338 e. The standard InChI is InChI=1S/C15H16N2O3/c16-11-15(8-4-5-9-15)17-13(18)10-20-14(19)12-6-2-1-3-7-12/h1-3,6-7H,4-5,8-10H2,(H,17,18). The molecule has 0 heterocycles. The molecule has 0 radical (unpaired) electrons. The highest BCUT2D eigenvalue weighted by Gasteiger charge is 2.35. The van der Waals surface area contributed by atoms with Crippen molar-refractivity contribution in [2.24, 2.45) is 0 Å². The Labute approximate surface area is 117 Å². The Morgan fingerprint density at radius 1 is 1.25 bits per heavy atom. The molecule has 20 heavy (non-hydrogen) atoms. The van der Waals surface area contributed by atoms with Crippen LogP contribution in [0.15, 0.2) is 30.3 Å². The highest BCUT2D eigenvalue weighted by atomic mass is 16.5. The minimum Gasteiger partial charge on any atom is -0.452 e. The van der Waals surface area contributed by atoms with Gasteiger partial charge in [0.05, 0.1) is 11.6 Å². The molecule has 0 saturated heterocycles. The predicted molar refractivity (Wildman–Crippen MR) is 71.7 cm³/mol. The molecule has 2 rings (SSSR count). The molecule has 1 aliphatic rings. The monoisotopic (exact) mass is 272 g/mol. The van der Waals surface area contributed by atoms with Gasteiger partial charge < -0.3 is 10.1 Å². The van der Waals surface area contributed by atoms with E-state index in [2.05, 4.69) is 11.4 Å². The summed E-state index contributed by atoms with van der Waals surface area (Å²) in [5, 5.41) is 11.8. The molecule has 0 bridgehead atoms. The van der Waals surface area contributed by atoms with Gasteiger partial charge in [0.1, 0.15) is 5.54 Å². The molecule has 0 spiro atoms. The summed E-state index contributed by atoms with van der Waals surface area (Å²) in [6.07, 6.45) is 3.17. The summed E-state index contributed by atoms with van der Waals surface area (Å²) in [6.45, 7) is -0.364. The van der Waals surface area contributed by atoms with E-state index < -0.39 is 17.4 Å². The van der Waals surface area contributed by atoms with Crippen LogP contribution in [0.4, 0.5) is 0 Å². The van der Waals surface area contributed by atoms with Gasteiger partial charge in [0.15, 0.2) is 6.61 Å². The van der Waals surface area contributed by atoms with Gasteiger partial charge in [-0.15, -0.1) is 0 Å². The average Bonchev–Trinajstić information content (AvgIpc) is 2.95. The first-order chi connectivity index (χ1) is 9.65. The van der Waals surface area contributed by atoms with Crippen molar-refractivity contribution in [1.29, 1.82) is 5.26 Å². The van der Waals surface area contributed by atoms with E-state index in [4.69, 9.17) is 10.00 Å². The van der Waals surface area contributed by atoms with Crippen LogP contribution in [0.2, 0.25) is 0 Å². The molecule has 1 fully saturated rings. The molecule has 5 heteroatoms. The van der Waals surface area contributed by atoms with E-state index in [-0.39, 0.29) is 6.61 Å². The van der Waals surface area contributed by atoms with Crippen molar-refractivity contribution in [3.8, 4) is 6.07 Å². The Morgan fingerprint density at radius 3 is 2.50 bits per heavy atom. The van der Waals surface area contributed by atoms with Crippen LogP contribution >= 0.6 is 0 Å². The number of carbonyl (C=O) groups excluding carboxylic acids is 2. The lowest BCUT2D eigenvalue weighted by Gasteiger charge is -2.21. The molecule has 1 saturated carbocycles. The van der Waals surface area contributed by atoms with Crippen molar-refractivity contribution in [3.63, 3.8) is 0 Å². The van der Waals surface area contributed by atoms with Crippen LogP contribution in [0.1, 0.15) is 36.0 Å². The van der Waals surface area contributed by atoms with Crippen molar-refractivity contribution >= 4 is 11.9 Å². The first kappa shape index (κ1) is 14.1. The number of ether oxygens (including phenoxy) is 1. The topological polar surface area (TPSA) is 79.2 Å². The zero-order valence-electron chi connectivity index (χ0n) is 11.1. The number of rotatable bonds is 4. The summed E-state index contributed by atoms with van der Waals surface area (Å²) in [6, 6.07) is 10.6. The molecular weight excluding hydrogens is 256 g/mol. The van der Waals surface area contributed by atoms with E-state index in [0.717, 1.165) is 12.8 Å². The van der Waals surface area contributed by atoms with Gasteiger partial charge in [0.2, 0.25) is 0 Å². The Bertz CT molecular complexity index is 528. The molecule has 0 aliphatic heterocycles. The fourth-order valence-corrected chi connectivity index (χ4v) is 2.33. The van der Waals surface area contributed by atoms with E-state index in [9.17, 15) is 9.59 Å². The molecular formula is C15H16N2O3. The van der Waals surface area contributed by atoms with Gasteiger partial charge in [0.25, 0.3) is 5.91 Å². The maximum Gasteiger partial charge on any atom is 0.338 e. The van der Waals surface area contributed by atoms with Gasteiger partial charge in [0, 0.05) is 0 Å². The molecule has 1 aromatic carbocycles. The fourth-order valence-electron chi connectivity index (χ4n) is 2.33. The second kappa shape index (κ2) is 6.20. The van der Waals surface area contributed by atoms with E-state index in [1.165, 1.54) is 0 Å². The summed E-state index contributed by atoms with van der Waals surface area (Å²) in [5.41, 5.74) is -0.382. The van der Waals surface area contributed by atoms with Gasteiger partial charge in [-0.2, -0.15) is 5.26 Å². The number of nitrogens with zero attached hydrogens (tertiary/aromatic N) is 1. The summed E-state index contributed by atoms with van der Waals surface area (Å²) in [4.78, 5) is 23.4. The van der Waals surface area contributed by atoms with Crippen LogP contribution in [0.3, 0.4) is 0 Å². The average molecular weight is 272 g/mol. The van der Waals surface area contributed by atoms with Crippen molar-refractivity contribution in [3.05, 3.63) is 35.9 Å². The van der Waals surface area contributed by atoms with Crippen LogP contribution in [0, 0.1) is 11.3 Å².